The van der Waals surface area contributed by atoms with Crippen molar-refractivity contribution in [2.75, 3.05) is 0 Å². The van der Waals surface area contributed by atoms with Gasteiger partial charge in [-0.05, 0) is 137 Å². The number of aliphatic hydroxyl groups is 3. The summed E-state index contributed by atoms with van der Waals surface area (Å²) >= 11 is 0. The highest BCUT2D eigenvalue weighted by molar-refractivity contribution is 5.30. The largest absolute Gasteiger partial charge is 0.388 e. The van der Waals surface area contributed by atoms with E-state index in [0.29, 0.717) is 41.6 Å². The minimum absolute atomic E-state index is 0.0393. The third-order valence-corrected chi connectivity index (χ3v) is 12.9. The fourth-order valence-corrected chi connectivity index (χ4v) is 11.0. The molecule has 0 aliphatic heterocycles. The van der Waals surface area contributed by atoms with Gasteiger partial charge in [-0.15, -0.1) is 0 Å². The summed E-state index contributed by atoms with van der Waals surface area (Å²) < 4.78 is 0. The predicted octanol–water partition coefficient (Wildman–Crippen LogP) is 7.12. The molecule has 3 nitrogen and oxygen atoms in total. The Morgan fingerprint density at radius 2 is 1.64 bits per heavy atom. The molecule has 0 saturated heterocycles. The Bertz CT molecular complexity index is 1050. The Labute approximate surface area is 237 Å². The summed E-state index contributed by atoms with van der Waals surface area (Å²) in [5.74, 6) is 11.3. The van der Waals surface area contributed by atoms with Gasteiger partial charge in [0.1, 0.15) is 5.60 Å². The van der Waals surface area contributed by atoms with E-state index in [1.807, 2.05) is 6.92 Å². The van der Waals surface area contributed by atoms with E-state index in [2.05, 4.69) is 44.4 Å². The number of aliphatic hydroxyl groups excluding tert-OH is 2. The smallest absolute Gasteiger partial charge is 0.128 e. The lowest BCUT2D eigenvalue weighted by Crippen LogP contribution is -2.56. The van der Waals surface area contributed by atoms with E-state index in [4.69, 9.17) is 0 Å². The quantitative estimate of drug-likeness (QED) is 0.267. The maximum absolute atomic E-state index is 11.7. The van der Waals surface area contributed by atoms with Crippen molar-refractivity contribution in [1.29, 1.82) is 0 Å². The van der Waals surface area contributed by atoms with Crippen LogP contribution in [-0.2, 0) is 0 Å². The molecule has 0 amide bonds. The Hall–Kier alpha value is -1.34. The second-order valence-electron chi connectivity index (χ2n) is 15.4. The van der Waals surface area contributed by atoms with E-state index in [9.17, 15) is 15.3 Å². The molecule has 0 heterocycles. The number of hydrogen-bond donors (Lipinski definition) is 3. The van der Waals surface area contributed by atoms with Crippen LogP contribution in [0.15, 0.2) is 35.5 Å². The lowest BCUT2D eigenvalue weighted by molar-refractivity contribution is -0.144. The van der Waals surface area contributed by atoms with Crippen LogP contribution in [-0.4, -0.2) is 33.1 Å². The highest BCUT2D eigenvalue weighted by atomic mass is 16.3. The first kappa shape index (κ1) is 27.8. The van der Waals surface area contributed by atoms with Crippen molar-refractivity contribution >= 4 is 0 Å². The molecule has 214 valence electrons. The third-order valence-electron chi connectivity index (χ3n) is 12.9. The van der Waals surface area contributed by atoms with Gasteiger partial charge in [-0.3, -0.25) is 0 Å². The van der Waals surface area contributed by atoms with Gasteiger partial charge in [-0.25, -0.2) is 0 Å². The van der Waals surface area contributed by atoms with E-state index in [0.717, 1.165) is 36.2 Å². The van der Waals surface area contributed by atoms with Crippen molar-refractivity contribution in [3.05, 3.63) is 35.5 Å². The van der Waals surface area contributed by atoms with Crippen LogP contribution in [0.1, 0.15) is 111 Å². The third kappa shape index (κ3) is 4.91. The molecule has 7 rings (SSSR count). The average molecular weight is 533 g/mol. The van der Waals surface area contributed by atoms with Crippen LogP contribution in [0.5, 0.6) is 0 Å². The highest BCUT2D eigenvalue weighted by Crippen LogP contribution is 2.64. The van der Waals surface area contributed by atoms with Gasteiger partial charge in [-0.1, -0.05) is 55.6 Å². The number of rotatable bonds is 4. The molecule has 39 heavy (non-hydrogen) atoms. The zero-order valence-electron chi connectivity index (χ0n) is 24.7. The Morgan fingerprint density at radius 3 is 2.26 bits per heavy atom. The van der Waals surface area contributed by atoms with Crippen molar-refractivity contribution in [2.45, 2.75) is 128 Å². The maximum atomic E-state index is 11.7. The molecule has 7 fully saturated rings. The van der Waals surface area contributed by atoms with Crippen molar-refractivity contribution in [3.8, 4) is 11.8 Å². The molecular weight excluding hydrogens is 480 g/mol. The van der Waals surface area contributed by atoms with Gasteiger partial charge in [-0.2, -0.15) is 0 Å². The van der Waals surface area contributed by atoms with E-state index in [1.54, 1.807) is 5.57 Å². The van der Waals surface area contributed by atoms with E-state index in [1.165, 1.54) is 64.2 Å². The van der Waals surface area contributed by atoms with E-state index in [-0.39, 0.29) is 5.41 Å². The molecule has 0 aromatic rings. The second kappa shape index (κ2) is 10.2. The summed E-state index contributed by atoms with van der Waals surface area (Å²) in [6, 6.07) is 0. The average Bonchev–Trinajstić information content (AvgIpc) is 3.22. The topological polar surface area (TPSA) is 60.7 Å². The van der Waals surface area contributed by atoms with Gasteiger partial charge in [0.05, 0.1) is 12.2 Å². The Balaban J connectivity index is 1.12. The first-order valence-corrected chi connectivity index (χ1v) is 16.2. The van der Waals surface area contributed by atoms with Crippen molar-refractivity contribution in [2.24, 2.45) is 46.3 Å². The lowest BCUT2D eigenvalue weighted by atomic mass is 9.45. The molecule has 3 N–H and O–H groups in total. The lowest BCUT2D eigenvalue weighted by Gasteiger charge is -2.60. The first-order chi connectivity index (χ1) is 18.5. The minimum atomic E-state index is -0.855. The standard InChI is InChI=1S/C36H52O3/c1-23(7-5-14-35(4,39)36-20-26-15-27(21-36)17-28(16-26)22-36)30-11-12-31-29(8-6-13-34(30,31)3)10-9-25-18-32(37)24(2)33(38)19-25/h9-10,23,26-28,30-33,37-39H,2,6-8,11-13,15-22H2,1,3-4H3/b29-10+/t23-,26?,27?,28?,30-,31?,32-,33-,34-,35?,36?/m1/s1. The molecule has 0 aromatic heterocycles. The molecule has 7 atom stereocenters. The van der Waals surface area contributed by atoms with Crippen molar-refractivity contribution in [3.63, 3.8) is 0 Å². The molecule has 4 bridgehead atoms. The Morgan fingerprint density at radius 1 is 1.03 bits per heavy atom. The fourth-order valence-electron chi connectivity index (χ4n) is 11.0. The normalized spacial score (nSPS) is 46.4. The molecular formula is C36H52O3. The van der Waals surface area contributed by atoms with Crippen LogP contribution in [0.25, 0.3) is 0 Å². The van der Waals surface area contributed by atoms with Crippen LogP contribution in [0.4, 0.5) is 0 Å². The second-order valence-corrected chi connectivity index (χ2v) is 15.4. The molecule has 0 aromatic carbocycles. The molecule has 0 spiro atoms. The van der Waals surface area contributed by atoms with Gasteiger partial charge in [0.15, 0.2) is 0 Å². The minimum Gasteiger partial charge on any atom is -0.388 e. The van der Waals surface area contributed by atoms with E-state index < -0.39 is 17.8 Å². The zero-order valence-corrected chi connectivity index (χ0v) is 24.7. The molecule has 7 saturated carbocycles. The van der Waals surface area contributed by atoms with Gasteiger partial charge >= 0.3 is 0 Å². The summed E-state index contributed by atoms with van der Waals surface area (Å²) in [5.41, 5.74) is 2.75. The molecule has 2 unspecified atom stereocenters. The van der Waals surface area contributed by atoms with Crippen LogP contribution >= 0.6 is 0 Å². The summed E-state index contributed by atoms with van der Waals surface area (Å²) in [5, 5.41) is 32.2. The van der Waals surface area contributed by atoms with Crippen molar-refractivity contribution < 1.29 is 15.3 Å². The predicted molar refractivity (Wildman–Crippen MR) is 158 cm³/mol. The summed E-state index contributed by atoms with van der Waals surface area (Å²) in [6.07, 6.45) is 19.3. The van der Waals surface area contributed by atoms with Gasteiger partial charge in [0.25, 0.3) is 0 Å². The van der Waals surface area contributed by atoms with Gasteiger partial charge in [0, 0.05) is 11.8 Å². The van der Waals surface area contributed by atoms with Crippen LogP contribution in [0.3, 0.4) is 0 Å². The fraction of sp³-hybridized carbons (Fsp3) is 0.778. The molecule has 0 radical (unpaired) electrons. The molecule has 3 heteroatoms. The molecule has 7 aliphatic carbocycles. The zero-order chi connectivity index (χ0) is 27.6. The highest BCUT2D eigenvalue weighted by Gasteiger charge is 2.58. The number of fused-ring (bicyclic) bond motifs is 1. The van der Waals surface area contributed by atoms with Crippen LogP contribution < -0.4 is 0 Å². The summed E-state index contributed by atoms with van der Waals surface area (Å²) in [4.78, 5) is 0. The van der Waals surface area contributed by atoms with Gasteiger partial charge < -0.3 is 15.3 Å². The van der Waals surface area contributed by atoms with Crippen molar-refractivity contribution in [1.82, 2.24) is 0 Å². The monoisotopic (exact) mass is 532 g/mol. The Kier molecular flexibility index (Phi) is 7.26. The van der Waals surface area contributed by atoms with Gasteiger partial charge in [0.2, 0.25) is 0 Å². The SMILES string of the molecule is C=C1[C@H](O)CC(=C/C=C2\CCC[C@@]3(C)C2CC[C@@H]3[C@H](C)CC#CC(C)(O)C23CC4CC(CC(C4)C2)C3)C[C@H]1O. The van der Waals surface area contributed by atoms with Crippen LogP contribution in [0, 0.1) is 58.2 Å². The van der Waals surface area contributed by atoms with Crippen LogP contribution in [0.2, 0.25) is 0 Å². The first-order valence-electron chi connectivity index (χ1n) is 16.2. The summed E-state index contributed by atoms with van der Waals surface area (Å²) in [7, 11) is 0. The maximum Gasteiger partial charge on any atom is 0.128 e. The number of allylic oxidation sites excluding steroid dienone is 3. The number of hydrogen-bond acceptors (Lipinski definition) is 3. The van der Waals surface area contributed by atoms with E-state index >= 15 is 0 Å². The summed E-state index contributed by atoms with van der Waals surface area (Å²) in [6.45, 7) is 10.8. The molecule has 7 aliphatic rings.